The Balaban J connectivity index is 1.19. The maximum atomic E-state index is 12.4. The van der Waals surface area contributed by atoms with Gasteiger partial charge in [0.2, 0.25) is 0 Å². The molecule has 2 aromatic carbocycles. The topological polar surface area (TPSA) is 57.6 Å². The van der Waals surface area contributed by atoms with Gasteiger partial charge in [-0.2, -0.15) is 0 Å². The van der Waals surface area contributed by atoms with Crippen molar-refractivity contribution in [1.82, 2.24) is 4.90 Å². The molecule has 1 fully saturated rings. The first kappa shape index (κ1) is 19.8. The first-order chi connectivity index (χ1) is 14.1. The minimum absolute atomic E-state index is 0.0280. The maximum absolute atomic E-state index is 12.4. The third-order valence-electron chi connectivity index (χ3n) is 6.35. The van der Waals surface area contributed by atoms with Gasteiger partial charge < -0.3 is 10.0 Å². The third-order valence-corrected chi connectivity index (χ3v) is 6.35. The number of amides is 1. The van der Waals surface area contributed by atoms with E-state index in [0.717, 1.165) is 45.2 Å². The largest absolute Gasteiger partial charge is 0.393 e. The van der Waals surface area contributed by atoms with Crippen molar-refractivity contribution in [3.05, 3.63) is 70.8 Å². The van der Waals surface area contributed by atoms with Crippen LogP contribution in [0, 0.1) is 5.92 Å². The van der Waals surface area contributed by atoms with Crippen LogP contribution in [0.25, 0.3) is 0 Å². The molecule has 1 aliphatic heterocycles. The number of ketones is 1. The molecule has 1 saturated heterocycles. The molecule has 4 nitrogen and oxygen atoms in total. The van der Waals surface area contributed by atoms with Crippen LogP contribution in [0.3, 0.4) is 0 Å². The number of aliphatic hydroxyl groups excluding tert-OH is 1. The number of nitrogens with zero attached hydrogens (tertiary/aromatic N) is 1. The first-order valence-electron chi connectivity index (χ1n) is 10.8. The zero-order valence-electron chi connectivity index (χ0n) is 16.8. The summed E-state index contributed by atoms with van der Waals surface area (Å²) >= 11 is 0. The Morgan fingerprint density at radius 3 is 2.14 bits per heavy atom. The minimum Gasteiger partial charge on any atom is -0.393 e. The van der Waals surface area contributed by atoms with Gasteiger partial charge in [0.1, 0.15) is 0 Å². The Hall–Kier alpha value is -2.46. The monoisotopic (exact) mass is 391 g/mol. The summed E-state index contributed by atoms with van der Waals surface area (Å²) < 4.78 is 0. The fraction of sp³-hybridized carbons (Fsp3) is 0.440. The van der Waals surface area contributed by atoms with Gasteiger partial charge in [-0.15, -0.1) is 0 Å². The average molecular weight is 392 g/mol. The van der Waals surface area contributed by atoms with Gasteiger partial charge in [0.05, 0.1) is 6.10 Å². The predicted molar refractivity (Wildman–Crippen MR) is 113 cm³/mol. The molecule has 1 aliphatic carbocycles. The van der Waals surface area contributed by atoms with E-state index < -0.39 is 6.10 Å². The van der Waals surface area contributed by atoms with Crippen molar-refractivity contribution >= 4 is 11.7 Å². The lowest BCUT2D eigenvalue weighted by Crippen LogP contribution is -2.41. The van der Waals surface area contributed by atoms with Crippen LogP contribution < -0.4 is 0 Å². The molecule has 0 saturated carbocycles. The Labute approximate surface area is 172 Å². The van der Waals surface area contributed by atoms with Gasteiger partial charge in [-0.3, -0.25) is 9.59 Å². The second kappa shape index (κ2) is 8.91. The lowest BCUT2D eigenvalue weighted by atomic mass is 9.95. The first-order valence-corrected chi connectivity index (χ1v) is 10.8. The highest BCUT2D eigenvalue weighted by Crippen LogP contribution is 2.30. The van der Waals surface area contributed by atoms with Crippen LogP contribution >= 0.6 is 0 Å². The molecule has 4 rings (SSSR count). The van der Waals surface area contributed by atoms with Crippen molar-refractivity contribution < 1.29 is 14.7 Å². The quantitative estimate of drug-likeness (QED) is 0.691. The number of carbonyl (C=O) groups is 2. The molecule has 1 N–H and O–H groups in total. The van der Waals surface area contributed by atoms with E-state index in [2.05, 4.69) is 24.3 Å². The van der Waals surface area contributed by atoms with Gasteiger partial charge in [0.25, 0.3) is 5.91 Å². The number of Topliss-reactive ketones (excluding diaryl/α,β-unsaturated/α-hetero) is 1. The van der Waals surface area contributed by atoms with E-state index in [1.165, 1.54) is 11.1 Å². The molecular weight excluding hydrogens is 362 g/mol. The van der Waals surface area contributed by atoms with Crippen LogP contribution in [-0.4, -0.2) is 40.9 Å². The van der Waals surface area contributed by atoms with E-state index in [1.807, 2.05) is 4.90 Å². The third kappa shape index (κ3) is 4.76. The average Bonchev–Trinajstić information content (AvgIpc) is 3.12. The van der Waals surface area contributed by atoms with E-state index in [0.29, 0.717) is 29.9 Å². The van der Waals surface area contributed by atoms with E-state index in [4.69, 9.17) is 0 Å². The molecule has 1 unspecified atom stereocenters. The zero-order chi connectivity index (χ0) is 20.2. The van der Waals surface area contributed by atoms with E-state index in [1.54, 1.807) is 24.3 Å². The molecule has 0 bridgehead atoms. The Morgan fingerprint density at radius 1 is 0.931 bits per heavy atom. The molecule has 1 atom stereocenters. The van der Waals surface area contributed by atoms with Gasteiger partial charge in [-0.25, -0.2) is 0 Å². The van der Waals surface area contributed by atoms with E-state index in [9.17, 15) is 14.7 Å². The highest BCUT2D eigenvalue weighted by Gasteiger charge is 2.23. The van der Waals surface area contributed by atoms with Crippen molar-refractivity contribution in [2.75, 3.05) is 13.1 Å². The van der Waals surface area contributed by atoms with Gasteiger partial charge in [-0.05, 0) is 67.7 Å². The molecule has 29 heavy (non-hydrogen) atoms. The Kier molecular flexibility index (Phi) is 6.10. The summed E-state index contributed by atoms with van der Waals surface area (Å²) in [5.74, 6) is 0.675. The molecule has 0 spiro atoms. The van der Waals surface area contributed by atoms with Gasteiger partial charge in [0, 0.05) is 30.6 Å². The molecule has 0 radical (unpaired) electrons. The van der Waals surface area contributed by atoms with Crippen LogP contribution in [0.4, 0.5) is 0 Å². The number of carbonyl (C=O) groups excluding carboxylic acids is 2. The predicted octanol–water partition coefficient (Wildman–Crippen LogP) is 4.05. The fourth-order valence-electron chi connectivity index (χ4n) is 4.37. The van der Waals surface area contributed by atoms with Gasteiger partial charge in [-0.1, -0.05) is 36.4 Å². The number of fused-ring (bicyclic) bond motifs is 1. The van der Waals surface area contributed by atoms with E-state index in [-0.39, 0.29) is 11.7 Å². The normalized spacial score (nSPS) is 16.9. The smallest absolute Gasteiger partial charge is 0.253 e. The fourth-order valence-corrected chi connectivity index (χ4v) is 4.37. The lowest BCUT2D eigenvalue weighted by Gasteiger charge is -2.30. The van der Waals surface area contributed by atoms with Crippen LogP contribution in [0.15, 0.2) is 48.5 Å². The molecule has 152 valence electrons. The molecule has 1 amide bonds. The number of likely N-dealkylation sites (tertiary alicyclic amines) is 1. The molecule has 0 aromatic heterocycles. The van der Waals surface area contributed by atoms with Crippen LogP contribution in [0.2, 0.25) is 0 Å². The number of aliphatic hydroxyl groups is 1. The van der Waals surface area contributed by atoms with Crippen LogP contribution in [-0.2, 0) is 12.8 Å². The minimum atomic E-state index is -0.435. The summed E-state index contributed by atoms with van der Waals surface area (Å²) in [5, 5.41) is 10.3. The van der Waals surface area contributed by atoms with E-state index >= 15 is 0 Å². The standard InChI is InChI=1S/C25H29NO3/c27-23(11-6-18-16-21-4-1-2-5-22(21)17-18)12-13-24(28)19-7-9-20(10-8-19)25(29)26-14-3-15-26/h1-2,4-5,7-10,18,23,27H,3,6,11-17H2. The summed E-state index contributed by atoms with van der Waals surface area (Å²) in [7, 11) is 0. The van der Waals surface area contributed by atoms with Crippen molar-refractivity contribution in [3.8, 4) is 0 Å². The summed E-state index contributed by atoms with van der Waals surface area (Å²) in [4.78, 5) is 26.4. The van der Waals surface area contributed by atoms with Crippen molar-refractivity contribution in [2.45, 2.75) is 51.0 Å². The summed E-state index contributed by atoms with van der Waals surface area (Å²) in [6.45, 7) is 1.65. The highest BCUT2D eigenvalue weighted by molar-refractivity contribution is 5.99. The highest BCUT2D eigenvalue weighted by atomic mass is 16.3. The zero-order valence-corrected chi connectivity index (χ0v) is 16.8. The number of hydrogen-bond donors (Lipinski definition) is 1. The van der Waals surface area contributed by atoms with Crippen LogP contribution in [0.1, 0.15) is 63.9 Å². The molecule has 2 aromatic rings. The van der Waals surface area contributed by atoms with Crippen LogP contribution in [0.5, 0.6) is 0 Å². The Morgan fingerprint density at radius 2 is 1.55 bits per heavy atom. The van der Waals surface area contributed by atoms with Gasteiger partial charge in [0.15, 0.2) is 5.78 Å². The maximum Gasteiger partial charge on any atom is 0.253 e. The summed E-state index contributed by atoms with van der Waals surface area (Å²) in [6, 6.07) is 15.5. The second-order valence-corrected chi connectivity index (χ2v) is 8.46. The lowest BCUT2D eigenvalue weighted by molar-refractivity contribution is 0.0651. The van der Waals surface area contributed by atoms with Gasteiger partial charge >= 0.3 is 0 Å². The molecule has 2 aliphatic rings. The second-order valence-electron chi connectivity index (χ2n) is 8.46. The molecule has 1 heterocycles. The van der Waals surface area contributed by atoms with Crippen molar-refractivity contribution in [2.24, 2.45) is 5.92 Å². The Bertz CT molecular complexity index is 845. The molecular formula is C25H29NO3. The number of hydrogen-bond acceptors (Lipinski definition) is 3. The summed E-state index contributed by atoms with van der Waals surface area (Å²) in [6.07, 6.45) is 5.41. The van der Waals surface area contributed by atoms with Crippen molar-refractivity contribution in [1.29, 1.82) is 0 Å². The number of rotatable bonds is 8. The van der Waals surface area contributed by atoms with Crippen molar-refractivity contribution in [3.63, 3.8) is 0 Å². The SMILES string of the molecule is O=C(CCC(O)CCC1Cc2ccccc2C1)c1ccc(C(=O)N2CCC2)cc1. The summed E-state index contributed by atoms with van der Waals surface area (Å²) in [5.41, 5.74) is 4.14. The molecule has 4 heteroatoms. The number of benzene rings is 2.